The highest BCUT2D eigenvalue weighted by molar-refractivity contribution is 6.30. The molecule has 0 aliphatic heterocycles. The zero-order valence-corrected chi connectivity index (χ0v) is 7.94. The van der Waals surface area contributed by atoms with E-state index in [0.717, 1.165) is 24.8 Å². The number of hydrogen-bond donors (Lipinski definition) is 1. The van der Waals surface area contributed by atoms with E-state index < -0.39 is 0 Å². The quantitative estimate of drug-likeness (QED) is 0.683. The molecule has 0 saturated carbocycles. The van der Waals surface area contributed by atoms with Gasteiger partial charge in [-0.25, -0.2) is 4.39 Å². The standard InChI is InChI=1S/C10H11ClFN/c11-8-5-4-6-7(10(8)12)2-1-3-9(6)13/h4-5,9H,1-3,13H2/t9-/m0/s1. The van der Waals surface area contributed by atoms with Crippen molar-refractivity contribution in [3.63, 3.8) is 0 Å². The van der Waals surface area contributed by atoms with Crippen LogP contribution in [-0.2, 0) is 6.42 Å². The molecule has 0 fully saturated rings. The highest BCUT2D eigenvalue weighted by atomic mass is 35.5. The molecule has 1 aromatic rings. The zero-order valence-electron chi connectivity index (χ0n) is 7.19. The molecule has 2 rings (SSSR count). The van der Waals surface area contributed by atoms with Crippen molar-refractivity contribution >= 4 is 11.6 Å². The molecular weight excluding hydrogens is 189 g/mol. The smallest absolute Gasteiger partial charge is 0.145 e. The highest BCUT2D eigenvalue weighted by Gasteiger charge is 2.20. The third-order valence-electron chi connectivity index (χ3n) is 2.57. The SMILES string of the molecule is N[C@H]1CCCc2c1ccc(Cl)c2F. The Morgan fingerprint density at radius 2 is 2.23 bits per heavy atom. The maximum absolute atomic E-state index is 13.5. The van der Waals surface area contributed by atoms with Gasteiger partial charge in [0.25, 0.3) is 0 Å². The van der Waals surface area contributed by atoms with Crippen LogP contribution in [0, 0.1) is 5.82 Å². The molecule has 3 heteroatoms. The molecule has 1 aliphatic rings. The molecule has 0 radical (unpaired) electrons. The molecule has 0 amide bonds. The third-order valence-corrected chi connectivity index (χ3v) is 2.87. The van der Waals surface area contributed by atoms with Gasteiger partial charge in [0.1, 0.15) is 5.82 Å². The second-order valence-corrected chi connectivity index (χ2v) is 3.84. The maximum Gasteiger partial charge on any atom is 0.145 e. The van der Waals surface area contributed by atoms with Gasteiger partial charge in [0.15, 0.2) is 0 Å². The Morgan fingerprint density at radius 1 is 1.46 bits per heavy atom. The second kappa shape index (κ2) is 3.28. The summed E-state index contributed by atoms with van der Waals surface area (Å²) in [5, 5.41) is 0.202. The number of rotatable bonds is 0. The van der Waals surface area contributed by atoms with E-state index in [4.69, 9.17) is 17.3 Å². The Bertz CT molecular complexity index is 338. The summed E-state index contributed by atoms with van der Waals surface area (Å²) < 4.78 is 13.5. The van der Waals surface area contributed by atoms with E-state index in [1.54, 1.807) is 6.07 Å². The van der Waals surface area contributed by atoms with Crippen molar-refractivity contribution in [3.8, 4) is 0 Å². The molecule has 70 valence electrons. The summed E-state index contributed by atoms with van der Waals surface area (Å²) in [6.07, 6.45) is 2.65. The Morgan fingerprint density at radius 3 is 3.00 bits per heavy atom. The summed E-state index contributed by atoms with van der Waals surface area (Å²) >= 11 is 5.68. The lowest BCUT2D eigenvalue weighted by Gasteiger charge is -2.22. The van der Waals surface area contributed by atoms with Crippen LogP contribution in [0.4, 0.5) is 4.39 Å². The van der Waals surface area contributed by atoms with Gasteiger partial charge in [0.2, 0.25) is 0 Å². The third kappa shape index (κ3) is 1.45. The Labute approximate surface area is 81.7 Å². The average Bonchev–Trinajstić information content (AvgIpc) is 2.12. The molecule has 1 aromatic carbocycles. The van der Waals surface area contributed by atoms with E-state index in [2.05, 4.69) is 0 Å². The van der Waals surface area contributed by atoms with Crippen LogP contribution in [0.15, 0.2) is 12.1 Å². The van der Waals surface area contributed by atoms with Crippen LogP contribution < -0.4 is 5.73 Å². The molecule has 13 heavy (non-hydrogen) atoms. The van der Waals surface area contributed by atoms with Gasteiger partial charge in [-0.05, 0) is 36.5 Å². The largest absolute Gasteiger partial charge is 0.324 e. The summed E-state index contributed by atoms with van der Waals surface area (Å²) in [5.41, 5.74) is 7.49. The van der Waals surface area contributed by atoms with Gasteiger partial charge < -0.3 is 5.73 Å². The van der Waals surface area contributed by atoms with Gasteiger partial charge in [-0.3, -0.25) is 0 Å². The van der Waals surface area contributed by atoms with Crippen molar-refractivity contribution in [2.45, 2.75) is 25.3 Å². The molecule has 2 N–H and O–H groups in total. The molecular formula is C10H11ClFN. The molecule has 0 aromatic heterocycles. The topological polar surface area (TPSA) is 26.0 Å². The first-order valence-corrected chi connectivity index (χ1v) is 4.80. The molecule has 0 unspecified atom stereocenters. The Kier molecular flexibility index (Phi) is 2.26. The van der Waals surface area contributed by atoms with Crippen molar-refractivity contribution in [2.75, 3.05) is 0 Å². The number of fused-ring (bicyclic) bond motifs is 1. The molecule has 0 heterocycles. The summed E-state index contributed by atoms with van der Waals surface area (Å²) in [7, 11) is 0. The number of nitrogens with two attached hydrogens (primary N) is 1. The van der Waals surface area contributed by atoms with Crippen LogP contribution in [0.2, 0.25) is 5.02 Å². The maximum atomic E-state index is 13.5. The summed E-state index contributed by atoms with van der Waals surface area (Å²) in [6.45, 7) is 0. The van der Waals surface area contributed by atoms with Crippen LogP contribution in [0.5, 0.6) is 0 Å². The average molecular weight is 200 g/mol. The van der Waals surface area contributed by atoms with E-state index in [1.807, 2.05) is 6.07 Å². The van der Waals surface area contributed by atoms with Crippen LogP contribution >= 0.6 is 11.6 Å². The monoisotopic (exact) mass is 199 g/mol. The molecule has 1 atom stereocenters. The molecule has 0 spiro atoms. The van der Waals surface area contributed by atoms with Crippen molar-refractivity contribution in [3.05, 3.63) is 34.1 Å². The molecule has 1 nitrogen and oxygen atoms in total. The zero-order chi connectivity index (χ0) is 9.42. The predicted octanol–water partition coefficient (Wildman–Crippen LogP) is 2.82. The molecule has 0 bridgehead atoms. The van der Waals surface area contributed by atoms with E-state index in [1.165, 1.54) is 0 Å². The van der Waals surface area contributed by atoms with E-state index in [-0.39, 0.29) is 16.9 Å². The fourth-order valence-corrected chi connectivity index (χ4v) is 2.04. The van der Waals surface area contributed by atoms with Crippen LogP contribution in [0.3, 0.4) is 0 Å². The van der Waals surface area contributed by atoms with E-state index >= 15 is 0 Å². The first-order chi connectivity index (χ1) is 6.20. The number of halogens is 2. The highest BCUT2D eigenvalue weighted by Crippen LogP contribution is 2.32. The van der Waals surface area contributed by atoms with Crippen LogP contribution in [0.25, 0.3) is 0 Å². The van der Waals surface area contributed by atoms with Gasteiger partial charge in [0, 0.05) is 6.04 Å². The second-order valence-electron chi connectivity index (χ2n) is 3.43. The minimum absolute atomic E-state index is 0.0180. The van der Waals surface area contributed by atoms with E-state index in [0.29, 0.717) is 5.56 Å². The normalized spacial score (nSPS) is 21.3. The Balaban J connectivity index is 2.56. The van der Waals surface area contributed by atoms with Crippen LogP contribution in [0.1, 0.15) is 30.0 Å². The number of benzene rings is 1. The summed E-state index contributed by atoms with van der Waals surface area (Å²) in [6, 6.07) is 3.40. The lowest BCUT2D eigenvalue weighted by molar-refractivity contribution is 0.532. The lowest BCUT2D eigenvalue weighted by atomic mass is 9.88. The van der Waals surface area contributed by atoms with Gasteiger partial charge in [-0.2, -0.15) is 0 Å². The van der Waals surface area contributed by atoms with Gasteiger partial charge in [-0.15, -0.1) is 0 Å². The van der Waals surface area contributed by atoms with Crippen molar-refractivity contribution in [1.82, 2.24) is 0 Å². The fraction of sp³-hybridized carbons (Fsp3) is 0.400. The van der Waals surface area contributed by atoms with Gasteiger partial charge in [-0.1, -0.05) is 17.7 Å². The predicted molar refractivity (Wildman–Crippen MR) is 51.3 cm³/mol. The van der Waals surface area contributed by atoms with Crippen molar-refractivity contribution < 1.29 is 4.39 Å². The lowest BCUT2D eigenvalue weighted by Crippen LogP contribution is -2.18. The summed E-state index contributed by atoms with van der Waals surface area (Å²) in [5.74, 6) is -0.283. The first-order valence-electron chi connectivity index (χ1n) is 4.42. The first kappa shape index (κ1) is 8.97. The van der Waals surface area contributed by atoms with Gasteiger partial charge in [0.05, 0.1) is 5.02 Å². The minimum Gasteiger partial charge on any atom is -0.324 e. The van der Waals surface area contributed by atoms with Gasteiger partial charge >= 0.3 is 0 Å². The number of hydrogen-bond acceptors (Lipinski definition) is 1. The van der Waals surface area contributed by atoms with Crippen LogP contribution in [-0.4, -0.2) is 0 Å². The fourth-order valence-electron chi connectivity index (χ4n) is 1.86. The molecule has 1 aliphatic carbocycles. The molecule has 0 saturated heterocycles. The van der Waals surface area contributed by atoms with Crippen molar-refractivity contribution in [2.24, 2.45) is 5.73 Å². The minimum atomic E-state index is -0.283. The van der Waals surface area contributed by atoms with Crippen molar-refractivity contribution in [1.29, 1.82) is 0 Å². The summed E-state index contributed by atoms with van der Waals surface area (Å²) in [4.78, 5) is 0. The Hall–Kier alpha value is -0.600. The van der Waals surface area contributed by atoms with E-state index in [9.17, 15) is 4.39 Å².